The molecule has 1 aliphatic heterocycles. The Morgan fingerprint density at radius 2 is 2.22 bits per heavy atom. The molecule has 0 atom stereocenters. The Balaban J connectivity index is 2.91. The Bertz CT molecular complexity index is 179. The second-order valence-corrected chi connectivity index (χ2v) is 1.69. The number of amides is 1. The summed E-state index contributed by atoms with van der Waals surface area (Å²) in [6, 6.07) is 0. The molecule has 0 unspecified atom stereocenters. The molecule has 9 heavy (non-hydrogen) atoms. The van der Waals surface area contributed by atoms with Crippen molar-refractivity contribution in [3.8, 4) is 0 Å². The molecule has 4 heteroatoms. The van der Waals surface area contributed by atoms with E-state index in [1.54, 1.807) is 0 Å². The first-order valence-electron chi connectivity index (χ1n) is 2.49. The van der Waals surface area contributed by atoms with Crippen LogP contribution in [0.2, 0.25) is 0 Å². The number of ketones is 1. The summed E-state index contributed by atoms with van der Waals surface area (Å²) in [6.45, 7) is 0.0852. The van der Waals surface area contributed by atoms with Crippen LogP contribution in [0.4, 0.5) is 0 Å². The van der Waals surface area contributed by atoms with E-state index in [0.717, 1.165) is 5.98 Å². The molecule has 1 heterocycles. The summed E-state index contributed by atoms with van der Waals surface area (Å²) < 4.78 is 0. The van der Waals surface area contributed by atoms with Crippen LogP contribution in [-0.2, 0) is 9.59 Å². The molecule has 0 bridgehead atoms. The molecule has 0 aromatic rings. The van der Waals surface area contributed by atoms with E-state index in [0.29, 0.717) is 0 Å². The van der Waals surface area contributed by atoms with Crippen molar-refractivity contribution in [1.29, 1.82) is 0 Å². The zero-order valence-electron chi connectivity index (χ0n) is 4.68. The first-order valence-corrected chi connectivity index (χ1v) is 2.49. The highest BCUT2D eigenvalue weighted by Crippen LogP contribution is 2.00. The van der Waals surface area contributed by atoms with E-state index in [2.05, 4.69) is 5.32 Å². The maximum atomic E-state index is 10.6. The summed E-state index contributed by atoms with van der Waals surface area (Å²) in [5, 5.41) is 2.33. The highest BCUT2D eigenvalue weighted by atomic mass is 16.2. The molecule has 2 radical (unpaired) electrons. The predicted octanol–water partition coefficient (Wildman–Crippen LogP) is -1.26. The molecule has 1 fully saturated rings. The van der Waals surface area contributed by atoms with Gasteiger partial charge in [0.25, 0.3) is 5.91 Å². The van der Waals surface area contributed by atoms with Crippen LogP contribution in [0.1, 0.15) is 0 Å². The second-order valence-electron chi connectivity index (χ2n) is 1.69. The van der Waals surface area contributed by atoms with Gasteiger partial charge in [0.15, 0.2) is 5.78 Å². The Morgan fingerprint density at radius 3 is 2.44 bits per heavy atom. The van der Waals surface area contributed by atoms with Crippen LogP contribution in [0.3, 0.4) is 0 Å². The number of hydrogen-bond acceptors (Lipinski definition) is 2. The standard InChI is InChI=1S/C5H4BNO2/c6-1-3-4(8)2-7-5(3)9/h1H,2H2,(H,7,9)/b3-1-. The lowest BCUT2D eigenvalue weighted by atomic mass is 10.0. The van der Waals surface area contributed by atoms with Gasteiger partial charge in [-0.2, -0.15) is 0 Å². The van der Waals surface area contributed by atoms with Crippen LogP contribution in [0.15, 0.2) is 11.5 Å². The number of rotatable bonds is 0. The first-order chi connectivity index (χ1) is 4.25. The summed E-state index contributed by atoms with van der Waals surface area (Å²) in [7, 11) is 4.97. The predicted molar refractivity (Wildman–Crippen MR) is 31.9 cm³/mol. The zero-order chi connectivity index (χ0) is 6.85. The molecule has 0 aliphatic carbocycles. The minimum atomic E-state index is -0.373. The Morgan fingerprint density at radius 1 is 1.56 bits per heavy atom. The second kappa shape index (κ2) is 2.05. The van der Waals surface area contributed by atoms with Gasteiger partial charge in [-0.05, 0) is 0 Å². The molecule has 1 amide bonds. The lowest BCUT2D eigenvalue weighted by Crippen LogP contribution is -2.14. The zero-order valence-corrected chi connectivity index (χ0v) is 4.68. The van der Waals surface area contributed by atoms with Crippen LogP contribution in [-0.4, -0.2) is 26.1 Å². The third kappa shape index (κ3) is 0.873. The highest BCUT2D eigenvalue weighted by Gasteiger charge is 2.23. The third-order valence-electron chi connectivity index (χ3n) is 1.12. The summed E-state index contributed by atoms with van der Waals surface area (Å²) in [5.74, 6) is 0.426. The van der Waals surface area contributed by atoms with E-state index in [-0.39, 0.29) is 23.8 Å². The van der Waals surface area contributed by atoms with Gasteiger partial charge in [0.05, 0.1) is 12.1 Å². The van der Waals surface area contributed by atoms with Gasteiger partial charge >= 0.3 is 0 Å². The molecule has 0 aromatic carbocycles. The molecule has 1 saturated heterocycles. The van der Waals surface area contributed by atoms with E-state index in [9.17, 15) is 9.59 Å². The van der Waals surface area contributed by atoms with Crippen molar-refractivity contribution >= 4 is 19.5 Å². The summed E-state index contributed by atoms with van der Waals surface area (Å²) >= 11 is 0. The van der Waals surface area contributed by atoms with Crippen LogP contribution in [0, 0.1) is 0 Å². The molecular weight excluding hydrogens is 117 g/mol. The fourth-order valence-electron chi connectivity index (χ4n) is 0.646. The van der Waals surface area contributed by atoms with E-state index in [4.69, 9.17) is 7.85 Å². The average molecular weight is 121 g/mol. The fraction of sp³-hybridized carbons (Fsp3) is 0.200. The van der Waals surface area contributed by atoms with Crippen molar-refractivity contribution < 1.29 is 9.59 Å². The Hall–Kier alpha value is -1.06. The lowest BCUT2D eigenvalue weighted by molar-refractivity contribution is -0.117. The van der Waals surface area contributed by atoms with Crippen molar-refractivity contribution in [2.75, 3.05) is 6.54 Å². The summed E-state index contributed by atoms with van der Waals surface area (Å²) in [6.07, 6.45) is 0. The van der Waals surface area contributed by atoms with Crippen LogP contribution < -0.4 is 5.32 Å². The number of nitrogens with one attached hydrogen (secondary N) is 1. The normalized spacial score (nSPS) is 22.9. The van der Waals surface area contributed by atoms with Gasteiger partial charge in [-0.25, -0.2) is 0 Å². The van der Waals surface area contributed by atoms with Gasteiger partial charge in [-0.3, -0.25) is 9.59 Å². The number of hydrogen-bond donors (Lipinski definition) is 1. The molecule has 0 spiro atoms. The molecule has 0 aromatic heterocycles. The van der Waals surface area contributed by atoms with Crippen molar-refractivity contribution in [2.24, 2.45) is 0 Å². The minimum Gasteiger partial charge on any atom is -0.344 e. The van der Waals surface area contributed by atoms with Crippen molar-refractivity contribution in [3.05, 3.63) is 11.5 Å². The van der Waals surface area contributed by atoms with Crippen molar-refractivity contribution in [2.45, 2.75) is 0 Å². The summed E-state index contributed by atoms with van der Waals surface area (Å²) in [5.41, 5.74) is 0.0648. The quantitative estimate of drug-likeness (QED) is 0.247. The fourth-order valence-corrected chi connectivity index (χ4v) is 0.646. The molecular formula is C5H4BNO2. The van der Waals surface area contributed by atoms with E-state index in [1.807, 2.05) is 0 Å². The van der Waals surface area contributed by atoms with Crippen LogP contribution in [0.5, 0.6) is 0 Å². The van der Waals surface area contributed by atoms with Crippen LogP contribution in [0.25, 0.3) is 0 Å². The van der Waals surface area contributed by atoms with Gasteiger partial charge in [-0.15, -0.1) is 5.98 Å². The Kier molecular flexibility index (Phi) is 1.38. The first kappa shape index (κ1) is 6.07. The molecule has 3 nitrogen and oxygen atoms in total. The van der Waals surface area contributed by atoms with Gasteiger partial charge in [0.2, 0.25) is 0 Å². The topological polar surface area (TPSA) is 46.2 Å². The smallest absolute Gasteiger partial charge is 0.254 e. The molecule has 44 valence electrons. The SMILES string of the molecule is [B]/C=C1/C(=O)CNC1=O. The summed E-state index contributed by atoms with van der Waals surface area (Å²) in [4.78, 5) is 21.1. The maximum absolute atomic E-state index is 10.6. The third-order valence-corrected chi connectivity index (χ3v) is 1.12. The highest BCUT2D eigenvalue weighted by molar-refractivity contribution is 6.31. The average Bonchev–Trinajstić information content (AvgIpc) is 2.12. The van der Waals surface area contributed by atoms with Gasteiger partial charge in [0.1, 0.15) is 7.85 Å². The Labute approximate surface area is 53.5 Å². The number of carbonyl (C=O) groups is 2. The molecule has 0 saturated carbocycles. The van der Waals surface area contributed by atoms with Gasteiger partial charge in [0, 0.05) is 0 Å². The maximum Gasteiger partial charge on any atom is 0.254 e. The van der Waals surface area contributed by atoms with Gasteiger partial charge in [-0.1, -0.05) is 0 Å². The van der Waals surface area contributed by atoms with E-state index < -0.39 is 0 Å². The molecule has 1 rings (SSSR count). The van der Waals surface area contributed by atoms with E-state index >= 15 is 0 Å². The largest absolute Gasteiger partial charge is 0.344 e. The van der Waals surface area contributed by atoms with Crippen LogP contribution >= 0.6 is 0 Å². The van der Waals surface area contributed by atoms with Crippen molar-refractivity contribution in [1.82, 2.24) is 5.32 Å². The lowest BCUT2D eigenvalue weighted by Gasteiger charge is -1.84. The monoisotopic (exact) mass is 121 g/mol. The number of Topliss-reactive ketones (excluding diaryl/α,β-unsaturated/α-hetero) is 1. The number of carbonyl (C=O) groups excluding carboxylic acids is 2. The van der Waals surface area contributed by atoms with Crippen molar-refractivity contribution in [3.63, 3.8) is 0 Å². The molecule has 1 aliphatic rings. The van der Waals surface area contributed by atoms with Gasteiger partial charge < -0.3 is 5.32 Å². The van der Waals surface area contributed by atoms with E-state index in [1.165, 1.54) is 0 Å². The minimum absolute atomic E-state index is 0.0648. The molecule has 1 N–H and O–H groups in total.